The molecule has 20 heavy (non-hydrogen) atoms. The van der Waals surface area contributed by atoms with Crippen LogP contribution in [0.2, 0.25) is 0 Å². The number of anilines is 1. The molecule has 0 fully saturated rings. The molecule has 0 atom stereocenters. The minimum Gasteiger partial charge on any atom is -0.381 e. The quantitative estimate of drug-likeness (QED) is 0.851. The second-order valence-electron chi connectivity index (χ2n) is 4.15. The van der Waals surface area contributed by atoms with Crippen molar-refractivity contribution in [2.75, 3.05) is 5.73 Å². The van der Waals surface area contributed by atoms with Crippen molar-refractivity contribution in [1.82, 2.24) is 14.5 Å². The summed E-state index contributed by atoms with van der Waals surface area (Å²) in [6, 6.07) is 7.40. The molecule has 2 rings (SSSR count). The van der Waals surface area contributed by atoms with Gasteiger partial charge in [0.2, 0.25) is 10.0 Å². The van der Waals surface area contributed by atoms with Crippen LogP contribution in [-0.4, -0.2) is 18.2 Å². The first-order chi connectivity index (χ1) is 9.44. The highest BCUT2D eigenvalue weighted by Crippen LogP contribution is 2.19. The van der Waals surface area contributed by atoms with Crippen molar-refractivity contribution in [3.8, 4) is 0 Å². The van der Waals surface area contributed by atoms with E-state index in [0.29, 0.717) is 6.54 Å². The first-order valence-corrected chi connectivity index (χ1v) is 8.27. The third kappa shape index (κ3) is 3.20. The van der Waals surface area contributed by atoms with Crippen LogP contribution in [0.4, 0.5) is 5.82 Å². The maximum Gasteiger partial charge on any atom is 0.246 e. The lowest BCUT2D eigenvalue weighted by atomic mass is 10.2. The molecule has 0 aliphatic rings. The van der Waals surface area contributed by atoms with Crippen LogP contribution in [0, 0.1) is 0 Å². The first kappa shape index (κ1) is 15.0. The molecule has 6 nitrogen and oxygen atoms in total. The molecule has 1 aromatic carbocycles. The maximum atomic E-state index is 12.2. The van der Waals surface area contributed by atoms with Crippen molar-refractivity contribution < 1.29 is 8.42 Å². The number of benzene rings is 1. The lowest BCUT2D eigenvalue weighted by molar-refractivity contribution is 0.581. The summed E-state index contributed by atoms with van der Waals surface area (Å²) >= 11 is 3.37. The predicted molar refractivity (Wildman–Crippen MR) is 80.5 cm³/mol. The second kappa shape index (κ2) is 5.94. The van der Waals surface area contributed by atoms with E-state index < -0.39 is 10.0 Å². The number of nitrogens with two attached hydrogens (primary N) is 1. The third-order valence-electron chi connectivity index (χ3n) is 2.78. The molecule has 0 unspecified atom stereocenters. The van der Waals surface area contributed by atoms with Crippen LogP contribution in [0.25, 0.3) is 0 Å². The van der Waals surface area contributed by atoms with Gasteiger partial charge in [-0.05, 0) is 18.6 Å². The Morgan fingerprint density at radius 2 is 2.10 bits per heavy atom. The van der Waals surface area contributed by atoms with Gasteiger partial charge in [0.15, 0.2) is 5.82 Å². The van der Waals surface area contributed by atoms with Gasteiger partial charge in [-0.3, -0.25) is 4.68 Å². The summed E-state index contributed by atoms with van der Waals surface area (Å²) in [5, 5.41) is 3.93. The van der Waals surface area contributed by atoms with Gasteiger partial charge < -0.3 is 5.73 Å². The first-order valence-electron chi connectivity index (χ1n) is 6.00. The summed E-state index contributed by atoms with van der Waals surface area (Å²) < 4.78 is 29.3. The standard InChI is InChI=1S/C12H15BrN4O2S/c1-2-17-8-11(12(14)16-17)20(18,19)15-7-9-5-3-4-6-10(9)13/h3-6,8,15H,2,7H2,1H3,(H2,14,16). The molecule has 0 spiro atoms. The van der Waals surface area contributed by atoms with E-state index in [1.165, 1.54) is 10.9 Å². The second-order valence-corrected chi connectivity index (χ2v) is 6.74. The average Bonchev–Trinajstić information content (AvgIpc) is 2.80. The number of rotatable bonds is 5. The summed E-state index contributed by atoms with van der Waals surface area (Å²) in [6.45, 7) is 2.60. The molecule has 0 saturated heterocycles. The number of hydrogen-bond acceptors (Lipinski definition) is 4. The van der Waals surface area contributed by atoms with Gasteiger partial charge in [0.05, 0.1) is 0 Å². The highest BCUT2D eigenvalue weighted by molar-refractivity contribution is 9.10. The number of nitrogens with one attached hydrogen (secondary N) is 1. The highest BCUT2D eigenvalue weighted by Gasteiger charge is 2.20. The topological polar surface area (TPSA) is 90.0 Å². The number of aryl methyl sites for hydroxylation is 1. The predicted octanol–water partition coefficient (Wildman–Crippen LogP) is 1.73. The monoisotopic (exact) mass is 358 g/mol. The Morgan fingerprint density at radius 1 is 1.40 bits per heavy atom. The van der Waals surface area contributed by atoms with Gasteiger partial charge in [-0.25, -0.2) is 13.1 Å². The molecule has 0 aliphatic carbocycles. The molecule has 0 radical (unpaired) electrons. The Kier molecular flexibility index (Phi) is 4.46. The zero-order valence-corrected chi connectivity index (χ0v) is 13.3. The number of nitrogens with zero attached hydrogens (tertiary/aromatic N) is 2. The molecule has 108 valence electrons. The lowest BCUT2D eigenvalue weighted by Crippen LogP contribution is -2.23. The average molecular weight is 359 g/mol. The Labute approximate surface area is 126 Å². The van der Waals surface area contributed by atoms with E-state index in [1.54, 1.807) is 0 Å². The van der Waals surface area contributed by atoms with E-state index in [4.69, 9.17) is 5.73 Å². The van der Waals surface area contributed by atoms with E-state index >= 15 is 0 Å². The van der Waals surface area contributed by atoms with Crippen LogP contribution in [-0.2, 0) is 23.1 Å². The van der Waals surface area contributed by atoms with Gasteiger partial charge in [0.1, 0.15) is 4.90 Å². The molecular weight excluding hydrogens is 344 g/mol. The molecule has 0 aliphatic heterocycles. The van der Waals surface area contributed by atoms with Gasteiger partial charge in [0.25, 0.3) is 0 Å². The normalized spacial score (nSPS) is 11.7. The molecule has 2 aromatic rings. The van der Waals surface area contributed by atoms with Gasteiger partial charge in [0, 0.05) is 23.8 Å². The fourth-order valence-corrected chi connectivity index (χ4v) is 3.18. The van der Waals surface area contributed by atoms with Crippen LogP contribution in [0.5, 0.6) is 0 Å². The van der Waals surface area contributed by atoms with Crippen LogP contribution >= 0.6 is 15.9 Å². The van der Waals surface area contributed by atoms with Crippen molar-refractivity contribution in [3.05, 3.63) is 40.5 Å². The van der Waals surface area contributed by atoms with E-state index in [0.717, 1.165) is 10.0 Å². The van der Waals surface area contributed by atoms with E-state index in [9.17, 15) is 8.42 Å². The van der Waals surface area contributed by atoms with Gasteiger partial charge >= 0.3 is 0 Å². The molecule has 0 bridgehead atoms. The Balaban J connectivity index is 2.19. The lowest BCUT2D eigenvalue weighted by Gasteiger charge is -2.07. The van der Waals surface area contributed by atoms with Crippen molar-refractivity contribution in [2.45, 2.75) is 24.9 Å². The largest absolute Gasteiger partial charge is 0.381 e. The molecule has 8 heteroatoms. The van der Waals surface area contributed by atoms with Crippen LogP contribution in [0.1, 0.15) is 12.5 Å². The van der Waals surface area contributed by atoms with E-state index in [-0.39, 0.29) is 17.3 Å². The van der Waals surface area contributed by atoms with Crippen molar-refractivity contribution in [1.29, 1.82) is 0 Å². The Morgan fingerprint density at radius 3 is 2.70 bits per heavy atom. The van der Waals surface area contributed by atoms with Crippen LogP contribution < -0.4 is 10.5 Å². The maximum absolute atomic E-state index is 12.2. The molecule has 3 N–H and O–H groups in total. The number of aromatic nitrogens is 2. The Hall–Kier alpha value is -1.38. The summed E-state index contributed by atoms with van der Waals surface area (Å²) in [4.78, 5) is 0.00593. The van der Waals surface area contributed by atoms with Gasteiger partial charge in [-0.1, -0.05) is 34.1 Å². The van der Waals surface area contributed by atoms with E-state index in [1.807, 2.05) is 31.2 Å². The van der Waals surface area contributed by atoms with Crippen LogP contribution in [0.15, 0.2) is 39.8 Å². The van der Waals surface area contributed by atoms with Crippen molar-refractivity contribution in [3.63, 3.8) is 0 Å². The molecule has 0 amide bonds. The minimum atomic E-state index is -3.67. The summed E-state index contributed by atoms with van der Waals surface area (Å²) in [7, 11) is -3.67. The van der Waals surface area contributed by atoms with Gasteiger partial charge in [-0.2, -0.15) is 5.10 Å². The van der Waals surface area contributed by atoms with Gasteiger partial charge in [-0.15, -0.1) is 0 Å². The minimum absolute atomic E-state index is 0.00593. The smallest absolute Gasteiger partial charge is 0.246 e. The van der Waals surface area contributed by atoms with Crippen molar-refractivity contribution in [2.24, 2.45) is 0 Å². The van der Waals surface area contributed by atoms with E-state index in [2.05, 4.69) is 25.8 Å². The zero-order valence-electron chi connectivity index (χ0n) is 10.9. The summed E-state index contributed by atoms with van der Waals surface area (Å²) in [6.07, 6.45) is 1.43. The number of halogens is 1. The zero-order chi connectivity index (χ0) is 14.8. The summed E-state index contributed by atoms with van der Waals surface area (Å²) in [5.41, 5.74) is 6.49. The number of sulfonamides is 1. The summed E-state index contributed by atoms with van der Waals surface area (Å²) in [5.74, 6) is 0.00600. The SMILES string of the molecule is CCn1cc(S(=O)(=O)NCc2ccccc2Br)c(N)n1. The number of nitrogen functional groups attached to an aromatic ring is 1. The molecule has 1 heterocycles. The fraction of sp³-hybridized carbons (Fsp3) is 0.250. The number of hydrogen-bond donors (Lipinski definition) is 2. The van der Waals surface area contributed by atoms with Crippen LogP contribution in [0.3, 0.4) is 0 Å². The Bertz CT molecular complexity index is 712. The molecule has 0 saturated carbocycles. The van der Waals surface area contributed by atoms with Crippen molar-refractivity contribution >= 4 is 31.8 Å². The highest BCUT2D eigenvalue weighted by atomic mass is 79.9. The third-order valence-corrected chi connectivity index (χ3v) is 4.97. The molecule has 1 aromatic heterocycles. The fourth-order valence-electron chi connectivity index (χ4n) is 1.68. The molecular formula is C12H15BrN4O2S.